The van der Waals surface area contributed by atoms with Gasteiger partial charge in [0.25, 0.3) is 0 Å². The van der Waals surface area contributed by atoms with Gasteiger partial charge in [0.2, 0.25) is 0 Å². The molecular weight excluding hydrogens is 264 g/mol. The molecule has 3 heterocycles. The van der Waals surface area contributed by atoms with Gasteiger partial charge in [0.05, 0.1) is 6.20 Å². The van der Waals surface area contributed by atoms with Gasteiger partial charge in [-0.3, -0.25) is 9.58 Å². The minimum Gasteiger partial charge on any atom is -0.354 e. The molecule has 0 saturated carbocycles. The van der Waals surface area contributed by atoms with Gasteiger partial charge < -0.3 is 4.90 Å². The zero-order valence-corrected chi connectivity index (χ0v) is 13.0. The maximum atomic E-state index is 4.55. The number of anilines is 1. The summed E-state index contributed by atoms with van der Waals surface area (Å²) < 4.78 is 1.86. The van der Waals surface area contributed by atoms with Gasteiger partial charge in [-0.2, -0.15) is 5.10 Å². The van der Waals surface area contributed by atoms with Crippen LogP contribution in [0.5, 0.6) is 0 Å². The molecule has 0 unspecified atom stereocenters. The molecule has 1 aliphatic heterocycles. The van der Waals surface area contributed by atoms with Crippen molar-refractivity contribution in [3.63, 3.8) is 0 Å². The van der Waals surface area contributed by atoms with E-state index in [0.717, 1.165) is 50.1 Å². The van der Waals surface area contributed by atoms with Crippen molar-refractivity contribution >= 4 is 5.82 Å². The molecule has 2 aromatic rings. The average Bonchev–Trinajstić information content (AvgIpc) is 2.84. The Morgan fingerprint density at radius 1 is 1.10 bits per heavy atom. The molecule has 2 aromatic heterocycles. The van der Waals surface area contributed by atoms with Crippen LogP contribution < -0.4 is 4.90 Å². The molecule has 3 rings (SSSR count). The minimum atomic E-state index is 0.850. The molecule has 1 fully saturated rings. The van der Waals surface area contributed by atoms with Gasteiger partial charge >= 0.3 is 0 Å². The third-order valence-electron chi connectivity index (χ3n) is 3.81. The van der Waals surface area contributed by atoms with Gasteiger partial charge in [-0.1, -0.05) is 0 Å². The highest BCUT2D eigenvalue weighted by Gasteiger charge is 2.19. The van der Waals surface area contributed by atoms with Crippen LogP contribution >= 0.6 is 0 Å². The van der Waals surface area contributed by atoms with Crippen molar-refractivity contribution in [2.75, 3.05) is 31.1 Å². The van der Waals surface area contributed by atoms with Crippen molar-refractivity contribution < 1.29 is 0 Å². The first-order chi connectivity index (χ1) is 10.1. The lowest BCUT2D eigenvalue weighted by molar-refractivity contribution is 0.249. The van der Waals surface area contributed by atoms with Crippen LogP contribution in [-0.2, 0) is 13.6 Å². The summed E-state index contributed by atoms with van der Waals surface area (Å²) in [6.45, 7) is 9.08. The highest BCUT2D eigenvalue weighted by molar-refractivity contribution is 5.40. The molecule has 21 heavy (non-hydrogen) atoms. The van der Waals surface area contributed by atoms with Gasteiger partial charge in [-0.25, -0.2) is 9.97 Å². The summed E-state index contributed by atoms with van der Waals surface area (Å²) >= 11 is 0. The van der Waals surface area contributed by atoms with Gasteiger partial charge in [-0.05, 0) is 13.8 Å². The second kappa shape index (κ2) is 5.81. The van der Waals surface area contributed by atoms with E-state index < -0.39 is 0 Å². The smallest absolute Gasteiger partial charge is 0.132 e. The SMILES string of the molecule is Cc1cc(N2CCN(Cc3cnn(C)c3)CC2)nc(C)n1. The monoisotopic (exact) mass is 286 g/mol. The molecule has 0 amide bonds. The topological polar surface area (TPSA) is 50.1 Å². The second-order valence-corrected chi connectivity index (χ2v) is 5.70. The summed E-state index contributed by atoms with van der Waals surface area (Å²) in [5.74, 6) is 1.91. The number of piperazine rings is 1. The lowest BCUT2D eigenvalue weighted by Crippen LogP contribution is -2.46. The quantitative estimate of drug-likeness (QED) is 0.847. The Labute approximate surface area is 125 Å². The number of rotatable bonds is 3. The summed E-state index contributed by atoms with van der Waals surface area (Å²) in [6.07, 6.45) is 4.03. The van der Waals surface area contributed by atoms with E-state index in [9.17, 15) is 0 Å². The van der Waals surface area contributed by atoms with Crippen LogP contribution in [0.25, 0.3) is 0 Å². The van der Waals surface area contributed by atoms with Crippen molar-refractivity contribution in [1.82, 2.24) is 24.6 Å². The average molecular weight is 286 g/mol. The summed E-state index contributed by atoms with van der Waals surface area (Å²) in [4.78, 5) is 13.7. The molecule has 6 heteroatoms. The lowest BCUT2D eigenvalue weighted by Gasteiger charge is -2.35. The van der Waals surface area contributed by atoms with E-state index in [0.29, 0.717) is 0 Å². The minimum absolute atomic E-state index is 0.850. The number of hydrogen-bond acceptors (Lipinski definition) is 5. The summed E-state index contributed by atoms with van der Waals surface area (Å²) in [5.41, 5.74) is 2.31. The molecule has 0 radical (unpaired) electrons. The fraction of sp³-hybridized carbons (Fsp3) is 0.533. The van der Waals surface area contributed by atoms with E-state index in [1.54, 1.807) is 0 Å². The first-order valence-corrected chi connectivity index (χ1v) is 7.37. The molecule has 1 saturated heterocycles. The van der Waals surface area contributed by atoms with Gasteiger partial charge in [-0.15, -0.1) is 0 Å². The molecule has 0 aromatic carbocycles. The Bertz CT molecular complexity index is 592. The number of aryl methyl sites for hydroxylation is 3. The van der Waals surface area contributed by atoms with Gasteiger partial charge in [0.1, 0.15) is 11.6 Å². The molecule has 0 spiro atoms. The molecule has 1 aliphatic rings. The van der Waals surface area contributed by atoms with Crippen LogP contribution in [0.15, 0.2) is 18.5 Å². The Morgan fingerprint density at radius 3 is 2.48 bits per heavy atom. The zero-order valence-electron chi connectivity index (χ0n) is 13.0. The normalized spacial score (nSPS) is 16.4. The number of aromatic nitrogens is 4. The van der Waals surface area contributed by atoms with Crippen LogP contribution in [0.4, 0.5) is 5.82 Å². The predicted molar refractivity (Wildman–Crippen MR) is 82.2 cm³/mol. The van der Waals surface area contributed by atoms with Crippen molar-refractivity contribution in [1.29, 1.82) is 0 Å². The third-order valence-corrected chi connectivity index (χ3v) is 3.81. The van der Waals surface area contributed by atoms with Crippen LogP contribution in [0.2, 0.25) is 0 Å². The summed E-state index contributed by atoms with van der Waals surface area (Å²) in [7, 11) is 1.96. The maximum absolute atomic E-state index is 4.55. The molecular formula is C15H22N6. The van der Waals surface area contributed by atoms with Crippen molar-refractivity contribution in [2.24, 2.45) is 7.05 Å². The first-order valence-electron chi connectivity index (χ1n) is 7.37. The lowest BCUT2D eigenvalue weighted by atomic mass is 10.2. The Kier molecular flexibility index (Phi) is 3.88. The molecule has 0 bridgehead atoms. The van der Waals surface area contributed by atoms with E-state index in [2.05, 4.69) is 37.1 Å². The number of hydrogen-bond donors (Lipinski definition) is 0. The van der Waals surface area contributed by atoms with E-state index in [1.807, 2.05) is 31.8 Å². The highest BCUT2D eigenvalue weighted by Crippen LogP contribution is 2.16. The Balaban J connectivity index is 1.59. The first kappa shape index (κ1) is 14.0. The maximum Gasteiger partial charge on any atom is 0.132 e. The molecule has 0 N–H and O–H groups in total. The van der Waals surface area contributed by atoms with E-state index in [1.165, 1.54) is 5.56 Å². The Morgan fingerprint density at radius 2 is 1.86 bits per heavy atom. The highest BCUT2D eigenvalue weighted by atomic mass is 15.3. The zero-order chi connectivity index (χ0) is 14.8. The van der Waals surface area contributed by atoms with Gasteiger partial charge in [0, 0.05) is 63.3 Å². The standard InChI is InChI=1S/C15H22N6/c1-12-8-15(18-13(2)17-12)21-6-4-20(5-7-21)11-14-9-16-19(3)10-14/h8-10H,4-7,11H2,1-3H3. The van der Waals surface area contributed by atoms with Crippen molar-refractivity contribution in [3.05, 3.63) is 35.5 Å². The summed E-state index contributed by atoms with van der Waals surface area (Å²) in [5, 5.41) is 4.23. The van der Waals surface area contributed by atoms with Crippen LogP contribution in [0.1, 0.15) is 17.1 Å². The second-order valence-electron chi connectivity index (χ2n) is 5.70. The summed E-state index contributed by atoms with van der Waals surface area (Å²) in [6, 6.07) is 2.07. The van der Waals surface area contributed by atoms with E-state index in [4.69, 9.17) is 0 Å². The van der Waals surface area contributed by atoms with Gasteiger partial charge in [0.15, 0.2) is 0 Å². The number of nitrogens with zero attached hydrogens (tertiary/aromatic N) is 6. The van der Waals surface area contributed by atoms with Crippen LogP contribution in [-0.4, -0.2) is 50.8 Å². The molecule has 0 atom stereocenters. The Hall–Kier alpha value is -1.95. The molecule has 112 valence electrons. The third kappa shape index (κ3) is 3.39. The fourth-order valence-corrected chi connectivity index (χ4v) is 2.81. The van der Waals surface area contributed by atoms with Crippen LogP contribution in [0, 0.1) is 13.8 Å². The van der Waals surface area contributed by atoms with Crippen molar-refractivity contribution in [3.8, 4) is 0 Å². The van der Waals surface area contributed by atoms with Crippen molar-refractivity contribution in [2.45, 2.75) is 20.4 Å². The molecule has 6 nitrogen and oxygen atoms in total. The van der Waals surface area contributed by atoms with Crippen LogP contribution in [0.3, 0.4) is 0 Å². The molecule has 0 aliphatic carbocycles. The van der Waals surface area contributed by atoms with E-state index >= 15 is 0 Å². The predicted octanol–water partition coefficient (Wildman–Crippen LogP) is 1.15. The fourth-order valence-electron chi connectivity index (χ4n) is 2.81. The van der Waals surface area contributed by atoms with E-state index in [-0.39, 0.29) is 0 Å². The largest absolute Gasteiger partial charge is 0.354 e.